The number of hydrogen-bond acceptors (Lipinski definition) is 2. The number of amides is 1. The van der Waals surface area contributed by atoms with E-state index in [4.69, 9.17) is 0 Å². The summed E-state index contributed by atoms with van der Waals surface area (Å²) in [7, 11) is 0. The van der Waals surface area contributed by atoms with Crippen LogP contribution in [0.1, 0.15) is 31.0 Å². The van der Waals surface area contributed by atoms with Crippen molar-refractivity contribution in [2.24, 2.45) is 5.92 Å². The van der Waals surface area contributed by atoms with Crippen LogP contribution >= 0.6 is 0 Å². The highest BCUT2D eigenvalue weighted by Crippen LogP contribution is 2.26. The molecule has 0 radical (unpaired) electrons. The van der Waals surface area contributed by atoms with Gasteiger partial charge in [0.05, 0.1) is 6.20 Å². The molecule has 1 aromatic heterocycles. The molecule has 18 heavy (non-hydrogen) atoms. The minimum absolute atomic E-state index is 0.142. The van der Waals surface area contributed by atoms with Crippen LogP contribution in [-0.2, 0) is 17.6 Å². The van der Waals surface area contributed by atoms with Crippen LogP contribution in [0.4, 0.5) is 0 Å². The summed E-state index contributed by atoms with van der Waals surface area (Å²) in [5, 5.41) is 7.09. The highest BCUT2D eigenvalue weighted by atomic mass is 16.2. The number of rotatable bonds is 1. The zero-order valence-electron chi connectivity index (χ0n) is 10.8. The lowest BCUT2D eigenvalue weighted by atomic mass is 9.87. The summed E-state index contributed by atoms with van der Waals surface area (Å²) in [5.41, 5.74) is 3.75. The van der Waals surface area contributed by atoms with Crippen LogP contribution in [0.25, 0.3) is 0 Å². The lowest BCUT2D eigenvalue weighted by molar-refractivity contribution is -0.135. The van der Waals surface area contributed by atoms with E-state index < -0.39 is 0 Å². The van der Waals surface area contributed by atoms with E-state index >= 15 is 0 Å². The first-order valence-electron chi connectivity index (χ1n) is 6.69. The van der Waals surface area contributed by atoms with Crippen molar-refractivity contribution in [2.45, 2.75) is 32.6 Å². The van der Waals surface area contributed by atoms with Gasteiger partial charge in [-0.05, 0) is 31.7 Å². The van der Waals surface area contributed by atoms with Gasteiger partial charge in [0.2, 0.25) is 5.91 Å². The van der Waals surface area contributed by atoms with Crippen LogP contribution in [0, 0.1) is 5.92 Å². The standard InChI is InChI=1S/C14H19N3O/c1-10-3-2-6-17(9-10)14(18)11-4-5-12-8-15-16-13(12)7-11/h3,8,11H,2,4-7,9H2,1H3,(H,15,16). The van der Waals surface area contributed by atoms with Gasteiger partial charge in [0.15, 0.2) is 0 Å². The van der Waals surface area contributed by atoms with Gasteiger partial charge in [-0.3, -0.25) is 9.89 Å². The Morgan fingerprint density at radius 1 is 1.56 bits per heavy atom. The van der Waals surface area contributed by atoms with Gasteiger partial charge < -0.3 is 4.90 Å². The van der Waals surface area contributed by atoms with Gasteiger partial charge in [0.1, 0.15) is 0 Å². The Hall–Kier alpha value is -1.58. The maximum atomic E-state index is 12.5. The number of nitrogens with one attached hydrogen (secondary N) is 1. The number of carbonyl (C=O) groups excluding carboxylic acids is 1. The molecule has 4 heteroatoms. The molecule has 4 nitrogen and oxygen atoms in total. The number of aromatic nitrogens is 2. The Balaban J connectivity index is 1.69. The van der Waals surface area contributed by atoms with Gasteiger partial charge in [0, 0.05) is 31.1 Å². The van der Waals surface area contributed by atoms with E-state index in [2.05, 4.69) is 23.2 Å². The Morgan fingerprint density at radius 2 is 2.44 bits per heavy atom. The number of aryl methyl sites for hydroxylation is 1. The fourth-order valence-electron chi connectivity index (χ4n) is 2.98. The third-order valence-corrected chi connectivity index (χ3v) is 4.01. The molecule has 0 aromatic carbocycles. The molecule has 0 saturated heterocycles. The van der Waals surface area contributed by atoms with Gasteiger partial charge in [-0.15, -0.1) is 0 Å². The lowest BCUT2D eigenvalue weighted by Gasteiger charge is -2.31. The normalized spacial score (nSPS) is 23.5. The molecule has 1 aliphatic carbocycles. The molecule has 1 aliphatic heterocycles. The number of nitrogens with zero attached hydrogens (tertiary/aromatic N) is 2. The molecule has 1 atom stereocenters. The Labute approximate surface area is 107 Å². The summed E-state index contributed by atoms with van der Waals surface area (Å²) >= 11 is 0. The van der Waals surface area contributed by atoms with Crippen molar-refractivity contribution >= 4 is 5.91 Å². The number of aromatic amines is 1. The number of H-pyrrole nitrogens is 1. The van der Waals surface area contributed by atoms with Gasteiger partial charge in [-0.25, -0.2) is 0 Å². The third-order valence-electron chi connectivity index (χ3n) is 4.01. The van der Waals surface area contributed by atoms with E-state index in [9.17, 15) is 4.79 Å². The van der Waals surface area contributed by atoms with Crippen LogP contribution in [-0.4, -0.2) is 34.1 Å². The summed E-state index contributed by atoms with van der Waals surface area (Å²) in [5.74, 6) is 0.464. The Kier molecular flexibility index (Phi) is 2.94. The van der Waals surface area contributed by atoms with Gasteiger partial charge >= 0.3 is 0 Å². The average Bonchev–Trinajstić information content (AvgIpc) is 2.85. The van der Waals surface area contributed by atoms with Crippen molar-refractivity contribution in [2.75, 3.05) is 13.1 Å². The molecular formula is C14H19N3O. The van der Waals surface area contributed by atoms with Crippen molar-refractivity contribution < 1.29 is 4.79 Å². The maximum Gasteiger partial charge on any atom is 0.226 e. The van der Waals surface area contributed by atoms with Crippen molar-refractivity contribution in [1.82, 2.24) is 15.1 Å². The predicted octanol–water partition coefficient (Wildman–Crippen LogP) is 1.69. The van der Waals surface area contributed by atoms with Gasteiger partial charge in [-0.1, -0.05) is 11.6 Å². The average molecular weight is 245 g/mol. The van der Waals surface area contributed by atoms with Crippen molar-refractivity contribution in [3.63, 3.8) is 0 Å². The number of fused-ring (bicyclic) bond motifs is 1. The van der Waals surface area contributed by atoms with Crippen LogP contribution in [0.2, 0.25) is 0 Å². The van der Waals surface area contributed by atoms with E-state index in [1.165, 1.54) is 11.1 Å². The Bertz CT molecular complexity index is 489. The first-order valence-corrected chi connectivity index (χ1v) is 6.69. The smallest absolute Gasteiger partial charge is 0.226 e. The van der Waals surface area contributed by atoms with Crippen molar-refractivity contribution in [3.8, 4) is 0 Å². The molecule has 0 bridgehead atoms. The summed E-state index contributed by atoms with van der Waals surface area (Å²) in [6.07, 6.45) is 7.89. The fraction of sp³-hybridized carbons (Fsp3) is 0.571. The van der Waals surface area contributed by atoms with Crippen molar-refractivity contribution in [3.05, 3.63) is 29.1 Å². The summed E-state index contributed by atoms with van der Waals surface area (Å²) < 4.78 is 0. The SMILES string of the molecule is CC1=CCCN(C(=O)C2CCc3cn[nH]c3C2)C1. The summed E-state index contributed by atoms with van der Waals surface area (Å²) in [4.78, 5) is 14.5. The lowest BCUT2D eigenvalue weighted by Crippen LogP contribution is -2.41. The second kappa shape index (κ2) is 4.59. The molecule has 2 heterocycles. The Morgan fingerprint density at radius 3 is 3.28 bits per heavy atom. The van der Waals surface area contributed by atoms with E-state index in [0.29, 0.717) is 5.91 Å². The fourth-order valence-corrected chi connectivity index (χ4v) is 2.98. The predicted molar refractivity (Wildman–Crippen MR) is 69.1 cm³/mol. The quantitative estimate of drug-likeness (QED) is 0.765. The zero-order chi connectivity index (χ0) is 12.5. The molecule has 2 aliphatic rings. The minimum Gasteiger partial charge on any atom is -0.338 e. The molecule has 3 rings (SSSR count). The molecule has 0 fully saturated rings. The van der Waals surface area contributed by atoms with Crippen LogP contribution in [0.15, 0.2) is 17.8 Å². The van der Waals surface area contributed by atoms with Crippen LogP contribution < -0.4 is 0 Å². The van der Waals surface area contributed by atoms with Gasteiger partial charge in [-0.2, -0.15) is 5.10 Å². The number of carbonyl (C=O) groups is 1. The minimum atomic E-state index is 0.142. The van der Waals surface area contributed by atoms with E-state index in [1.54, 1.807) is 0 Å². The van der Waals surface area contributed by atoms with Crippen LogP contribution in [0.3, 0.4) is 0 Å². The summed E-state index contributed by atoms with van der Waals surface area (Å²) in [6, 6.07) is 0. The topological polar surface area (TPSA) is 49.0 Å². The molecular weight excluding hydrogens is 226 g/mol. The molecule has 0 saturated carbocycles. The van der Waals surface area contributed by atoms with E-state index in [0.717, 1.165) is 44.5 Å². The van der Waals surface area contributed by atoms with E-state index in [-0.39, 0.29) is 5.92 Å². The van der Waals surface area contributed by atoms with Crippen molar-refractivity contribution in [1.29, 1.82) is 0 Å². The van der Waals surface area contributed by atoms with Gasteiger partial charge in [0.25, 0.3) is 0 Å². The molecule has 1 aromatic rings. The highest BCUT2D eigenvalue weighted by molar-refractivity contribution is 5.80. The maximum absolute atomic E-state index is 12.5. The second-order valence-corrected chi connectivity index (χ2v) is 5.41. The molecule has 1 amide bonds. The molecule has 1 N–H and O–H groups in total. The summed E-state index contributed by atoms with van der Waals surface area (Å²) in [6.45, 7) is 3.79. The monoisotopic (exact) mass is 245 g/mol. The number of hydrogen-bond donors (Lipinski definition) is 1. The first-order chi connectivity index (χ1) is 8.74. The molecule has 96 valence electrons. The largest absolute Gasteiger partial charge is 0.338 e. The highest BCUT2D eigenvalue weighted by Gasteiger charge is 2.29. The zero-order valence-corrected chi connectivity index (χ0v) is 10.8. The van der Waals surface area contributed by atoms with E-state index in [1.807, 2.05) is 11.1 Å². The molecule has 1 unspecified atom stereocenters. The van der Waals surface area contributed by atoms with Crippen LogP contribution in [0.5, 0.6) is 0 Å². The molecule has 0 spiro atoms. The third kappa shape index (κ3) is 2.07. The first kappa shape index (κ1) is 11.5. The second-order valence-electron chi connectivity index (χ2n) is 5.41.